The van der Waals surface area contributed by atoms with Gasteiger partial charge in [0.05, 0.1) is 0 Å². The minimum Gasteiger partial charge on any atom is -0.355 e. The summed E-state index contributed by atoms with van der Waals surface area (Å²) in [5.41, 5.74) is 1.23. The van der Waals surface area contributed by atoms with E-state index in [1.807, 2.05) is 0 Å². The zero-order valence-corrected chi connectivity index (χ0v) is 9.41. The van der Waals surface area contributed by atoms with E-state index in [1.54, 1.807) is 13.8 Å². The van der Waals surface area contributed by atoms with E-state index in [0.29, 0.717) is 0 Å². The van der Waals surface area contributed by atoms with Gasteiger partial charge in [0.15, 0.2) is 0 Å². The highest BCUT2D eigenvalue weighted by atomic mass is 32.2. The van der Waals surface area contributed by atoms with Crippen LogP contribution in [0.5, 0.6) is 0 Å². The number of thioether (sulfide) groups is 1. The quantitative estimate of drug-likeness (QED) is 0.717. The van der Waals surface area contributed by atoms with Gasteiger partial charge in [-0.05, 0) is 18.7 Å². The van der Waals surface area contributed by atoms with E-state index in [4.69, 9.17) is 5.73 Å². The zero-order chi connectivity index (χ0) is 12.1. The lowest BCUT2D eigenvalue weighted by molar-refractivity contribution is -0.124. The summed E-state index contributed by atoms with van der Waals surface area (Å²) < 4.78 is 35.1. The number of nitrogens with one attached hydrogen (secondary N) is 1. The Morgan fingerprint density at radius 3 is 2.40 bits per heavy atom. The number of hydrogen-bond donors (Lipinski definition) is 2. The predicted molar refractivity (Wildman–Crippen MR) is 54.3 cm³/mol. The van der Waals surface area contributed by atoms with E-state index in [-0.39, 0.29) is 41.9 Å². The number of alkyl halides is 3. The van der Waals surface area contributed by atoms with Gasteiger partial charge in [0, 0.05) is 24.3 Å². The smallest absolute Gasteiger partial charge is 0.355 e. The van der Waals surface area contributed by atoms with Crippen LogP contribution in [0.1, 0.15) is 13.8 Å². The fourth-order valence-electron chi connectivity index (χ4n) is 0.741. The lowest BCUT2D eigenvalue weighted by Gasteiger charge is -2.15. The molecule has 3 nitrogen and oxygen atoms in total. The molecule has 0 bridgehead atoms. The Hall–Kier alpha value is -0.430. The summed E-state index contributed by atoms with van der Waals surface area (Å²) in [5.74, 6) is -0.880. The van der Waals surface area contributed by atoms with Gasteiger partial charge in [0.2, 0.25) is 5.91 Å². The highest BCUT2D eigenvalue weighted by molar-refractivity contribution is 8.00. The predicted octanol–water partition coefficient (Wildman–Crippen LogP) is 1.34. The SMILES string of the molecule is CC(N)C(C)C(=O)NCCSC(F)(F)F. The molecule has 0 fully saturated rings. The first kappa shape index (κ1) is 14.6. The Kier molecular flexibility index (Phi) is 6.04. The molecule has 2 unspecified atom stereocenters. The molecule has 90 valence electrons. The van der Waals surface area contributed by atoms with Crippen LogP contribution in [0.3, 0.4) is 0 Å². The van der Waals surface area contributed by atoms with E-state index >= 15 is 0 Å². The maximum absolute atomic E-state index is 11.7. The van der Waals surface area contributed by atoms with Gasteiger partial charge in [0.1, 0.15) is 0 Å². The first-order valence-corrected chi connectivity index (χ1v) is 5.46. The van der Waals surface area contributed by atoms with Gasteiger partial charge in [-0.15, -0.1) is 0 Å². The lowest BCUT2D eigenvalue weighted by atomic mass is 10.0. The van der Waals surface area contributed by atoms with Crippen LogP contribution in [0.2, 0.25) is 0 Å². The fraction of sp³-hybridized carbons (Fsp3) is 0.875. The molecule has 0 aromatic rings. The summed E-state index contributed by atoms with van der Waals surface area (Å²) in [6, 6.07) is -0.305. The highest BCUT2D eigenvalue weighted by Gasteiger charge is 2.27. The second-order valence-electron chi connectivity index (χ2n) is 3.23. The van der Waals surface area contributed by atoms with E-state index in [2.05, 4.69) is 5.32 Å². The molecule has 0 radical (unpaired) electrons. The van der Waals surface area contributed by atoms with Crippen molar-refractivity contribution < 1.29 is 18.0 Å². The molecule has 0 saturated carbocycles. The summed E-state index contributed by atoms with van der Waals surface area (Å²) in [6.07, 6.45) is 0. The Morgan fingerprint density at radius 2 is 2.00 bits per heavy atom. The molecule has 2 atom stereocenters. The molecule has 0 aromatic carbocycles. The van der Waals surface area contributed by atoms with Crippen LogP contribution in [0.15, 0.2) is 0 Å². The molecule has 0 heterocycles. The van der Waals surface area contributed by atoms with Crippen molar-refractivity contribution in [1.29, 1.82) is 0 Å². The molecule has 0 aliphatic rings. The topological polar surface area (TPSA) is 55.1 Å². The Labute approximate surface area is 91.0 Å². The molecule has 0 aliphatic carbocycles. The van der Waals surface area contributed by atoms with Crippen molar-refractivity contribution in [3.05, 3.63) is 0 Å². The Morgan fingerprint density at radius 1 is 1.47 bits per heavy atom. The van der Waals surface area contributed by atoms with Crippen LogP contribution in [0.25, 0.3) is 0 Å². The third kappa shape index (κ3) is 7.49. The van der Waals surface area contributed by atoms with Crippen LogP contribution < -0.4 is 11.1 Å². The van der Waals surface area contributed by atoms with Gasteiger partial charge in [-0.3, -0.25) is 4.79 Å². The van der Waals surface area contributed by atoms with Crippen molar-refractivity contribution in [2.24, 2.45) is 11.7 Å². The van der Waals surface area contributed by atoms with Crippen molar-refractivity contribution in [3.8, 4) is 0 Å². The minimum absolute atomic E-state index is 0.0000694. The molecule has 7 heteroatoms. The van der Waals surface area contributed by atoms with E-state index in [9.17, 15) is 18.0 Å². The Bertz CT molecular complexity index is 209. The Balaban J connectivity index is 3.65. The third-order valence-electron chi connectivity index (χ3n) is 1.87. The monoisotopic (exact) mass is 244 g/mol. The van der Waals surface area contributed by atoms with Gasteiger partial charge in [0.25, 0.3) is 0 Å². The van der Waals surface area contributed by atoms with E-state index < -0.39 is 5.51 Å². The van der Waals surface area contributed by atoms with Crippen molar-refractivity contribution in [2.45, 2.75) is 25.4 Å². The van der Waals surface area contributed by atoms with Crippen molar-refractivity contribution >= 4 is 17.7 Å². The number of rotatable bonds is 5. The van der Waals surface area contributed by atoms with Gasteiger partial charge >= 0.3 is 5.51 Å². The molecule has 1 amide bonds. The van der Waals surface area contributed by atoms with E-state index in [0.717, 1.165) is 0 Å². The van der Waals surface area contributed by atoms with Gasteiger partial charge in [-0.2, -0.15) is 13.2 Å². The maximum atomic E-state index is 11.7. The number of amides is 1. The fourth-order valence-corrected chi connectivity index (χ4v) is 1.18. The molecule has 0 spiro atoms. The molecule has 15 heavy (non-hydrogen) atoms. The van der Waals surface area contributed by atoms with Gasteiger partial charge < -0.3 is 11.1 Å². The second-order valence-corrected chi connectivity index (χ2v) is 4.39. The average Bonchev–Trinajstić information content (AvgIpc) is 2.09. The number of hydrogen-bond acceptors (Lipinski definition) is 3. The second kappa shape index (κ2) is 6.22. The summed E-state index contributed by atoms with van der Waals surface area (Å²) in [4.78, 5) is 11.2. The largest absolute Gasteiger partial charge is 0.441 e. The maximum Gasteiger partial charge on any atom is 0.441 e. The van der Waals surface area contributed by atoms with Crippen LogP contribution >= 0.6 is 11.8 Å². The first-order valence-electron chi connectivity index (χ1n) is 4.48. The highest BCUT2D eigenvalue weighted by Crippen LogP contribution is 2.29. The van der Waals surface area contributed by atoms with Crippen LogP contribution in [0, 0.1) is 5.92 Å². The molecular weight excluding hydrogens is 229 g/mol. The van der Waals surface area contributed by atoms with E-state index in [1.165, 1.54) is 0 Å². The summed E-state index contributed by atoms with van der Waals surface area (Å²) in [6.45, 7) is 3.31. The van der Waals surface area contributed by atoms with Crippen LogP contribution in [-0.2, 0) is 4.79 Å². The summed E-state index contributed by atoms with van der Waals surface area (Å²) in [5, 5.41) is 2.40. The summed E-state index contributed by atoms with van der Waals surface area (Å²) in [7, 11) is 0. The van der Waals surface area contributed by atoms with Crippen molar-refractivity contribution in [2.75, 3.05) is 12.3 Å². The molecule has 0 rings (SSSR count). The van der Waals surface area contributed by atoms with Crippen molar-refractivity contribution in [1.82, 2.24) is 5.32 Å². The first-order chi connectivity index (χ1) is 6.74. The number of halogens is 3. The summed E-state index contributed by atoms with van der Waals surface area (Å²) >= 11 is -0.150. The minimum atomic E-state index is -4.24. The standard InChI is InChI=1S/C8H15F3N2OS/c1-5(6(2)12)7(14)13-3-4-15-8(9,10)11/h5-6H,3-4,12H2,1-2H3,(H,13,14). The normalized spacial score (nSPS) is 15.9. The molecule has 0 aromatic heterocycles. The lowest BCUT2D eigenvalue weighted by Crippen LogP contribution is -2.39. The number of carbonyl (C=O) groups is 1. The molecule has 3 N–H and O–H groups in total. The average molecular weight is 244 g/mol. The van der Waals surface area contributed by atoms with Crippen LogP contribution in [-0.4, -0.2) is 29.8 Å². The zero-order valence-electron chi connectivity index (χ0n) is 8.60. The van der Waals surface area contributed by atoms with Gasteiger partial charge in [-0.25, -0.2) is 0 Å². The van der Waals surface area contributed by atoms with Crippen LogP contribution in [0.4, 0.5) is 13.2 Å². The van der Waals surface area contributed by atoms with Crippen molar-refractivity contribution in [3.63, 3.8) is 0 Å². The molecule has 0 saturated heterocycles. The number of nitrogens with two attached hydrogens (primary N) is 1. The third-order valence-corrected chi connectivity index (χ3v) is 2.60. The molecule has 0 aliphatic heterocycles. The molecular formula is C8H15F3N2OS. The van der Waals surface area contributed by atoms with Gasteiger partial charge in [-0.1, -0.05) is 6.92 Å². The number of carbonyl (C=O) groups excluding carboxylic acids is 1.